The fourth-order valence-corrected chi connectivity index (χ4v) is 3.00. The third-order valence-electron chi connectivity index (χ3n) is 4.23. The van der Waals surface area contributed by atoms with Gasteiger partial charge in [0.1, 0.15) is 11.9 Å². The van der Waals surface area contributed by atoms with Gasteiger partial charge in [-0.1, -0.05) is 30.3 Å². The molecule has 1 fully saturated rings. The minimum Gasteiger partial charge on any atom is -0.479 e. The summed E-state index contributed by atoms with van der Waals surface area (Å²) in [7, 11) is 1.50. The number of nitriles is 1. The van der Waals surface area contributed by atoms with E-state index in [2.05, 4.69) is 50.7 Å². The molecule has 2 heterocycles. The van der Waals surface area contributed by atoms with Gasteiger partial charge in [-0.2, -0.15) is 5.26 Å². The molecule has 3 rings (SSSR count). The summed E-state index contributed by atoms with van der Waals surface area (Å²) < 4.78 is 11.0. The maximum atomic E-state index is 9.24. The van der Waals surface area contributed by atoms with E-state index < -0.39 is 0 Å². The lowest BCUT2D eigenvalue weighted by Crippen LogP contribution is -2.35. The molecule has 0 amide bonds. The molecule has 0 radical (unpaired) electrons. The van der Waals surface area contributed by atoms with Crippen molar-refractivity contribution in [3.8, 4) is 11.9 Å². The van der Waals surface area contributed by atoms with Crippen molar-refractivity contribution in [1.82, 2.24) is 15.1 Å². The molecule has 0 aliphatic carbocycles. The number of ether oxygens (including phenoxy) is 2. The van der Waals surface area contributed by atoms with Crippen molar-refractivity contribution in [2.24, 2.45) is 0 Å². The van der Waals surface area contributed by atoms with E-state index in [1.165, 1.54) is 12.7 Å². The molecule has 7 heteroatoms. The Morgan fingerprint density at radius 1 is 1.44 bits per heavy atom. The van der Waals surface area contributed by atoms with E-state index in [0.717, 1.165) is 32.7 Å². The van der Waals surface area contributed by atoms with E-state index in [-0.39, 0.29) is 6.10 Å². The molecule has 1 aromatic heterocycles. The molecule has 1 aliphatic rings. The Labute approximate surface area is 147 Å². The highest BCUT2D eigenvalue weighted by atomic mass is 16.5. The van der Waals surface area contributed by atoms with Crippen LogP contribution < -0.4 is 10.1 Å². The number of hydrogen-bond acceptors (Lipinski definition) is 6. The zero-order valence-corrected chi connectivity index (χ0v) is 14.4. The van der Waals surface area contributed by atoms with Crippen molar-refractivity contribution >= 4 is 5.82 Å². The number of nitrogens with zero attached hydrogens (tertiary/aromatic N) is 3. The van der Waals surface area contributed by atoms with Crippen molar-refractivity contribution < 1.29 is 9.47 Å². The van der Waals surface area contributed by atoms with Gasteiger partial charge in [-0.25, -0.2) is 0 Å². The normalized spacial score (nSPS) is 18.3. The number of nitrogens with one attached hydrogen (secondary N) is 2. The minimum atomic E-state index is 0.0482. The van der Waals surface area contributed by atoms with Gasteiger partial charge in [0.25, 0.3) is 5.88 Å². The first-order chi connectivity index (χ1) is 12.3. The first-order valence-corrected chi connectivity index (χ1v) is 8.44. The third kappa shape index (κ3) is 4.50. The van der Waals surface area contributed by atoms with Gasteiger partial charge in [0.2, 0.25) is 0 Å². The lowest BCUT2D eigenvalue weighted by atomic mass is 10.2. The van der Waals surface area contributed by atoms with E-state index >= 15 is 0 Å². The van der Waals surface area contributed by atoms with Gasteiger partial charge >= 0.3 is 0 Å². The van der Waals surface area contributed by atoms with Crippen LogP contribution in [0.3, 0.4) is 0 Å². The Balaban J connectivity index is 1.58. The molecule has 2 N–H and O–H groups in total. The molecule has 1 atom stereocenters. The standard InChI is InChI=1S/C18H23N5O2/c1-24-18-16(10-19)17(21-22-18)20-11-15-13-23(8-5-9-25-15)12-14-6-3-2-4-7-14/h2-4,6-7,15H,5,8-9,11-13H2,1H3,(H2,20,21,22). The quantitative estimate of drug-likeness (QED) is 0.836. The Bertz CT molecular complexity index is 710. The van der Waals surface area contributed by atoms with E-state index in [0.29, 0.717) is 23.8 Å². The van der Waals surface area contributed by atoms with Gasteiger partial charge in [-0.05, 0) is 12.0 Å². The fraction of sp³-hybridized carbons (Fsp3) is 0.444. The number of aromatic nitrogens is 2. The average molecular weight is 341 g/mol. The van der Waals surface area contributed by atoms with Crippen LogP contribution in [0.2, 0.25) is 0 Å². The lowest BCUT2D eigenvalue weighted by molar-refractivity contribution is 0.0624. The van der Waals surface area contributed by atoms with Crippen LogP contribution in [0.1, 0.15) is 17.5 Å². The van der Waals surface area contributed by atoms with Crippen molar-refractivity contribution in [1.29, 1.82) is 5.26 Å². The number of methoxy groups -OCH3 is 1. The molecule has 1 unspecified atom stereocenters. The Hall–Kier alpha value is -2.56. The fourth-order valence-electron chi connectivity index (χ4n) is 3.00. The monoisotopic (exact) mass is 341 g/mol. The average Bonchev–Trinajstić information content (AvgIpc) is 2.92. The summed E-state index contributed by atoms with van der Waals surface area (Å²) in [6.45, 7) is 4.13. The van der Waals surface area contributed by atoms with E-state index in [1.54, 1.807) is 0 Å². The first kappa shape index (κ1) is 17.3. The van der Waals surface area contributed by atoms with E-state index in [9.17, 15) is 5.26 Å². The Morgan fingerprint density at radius 2 is 2.28 bits per heavy atom. The van der Waals surface area contributed by atoms with Crippen LogP contribution in [-0.2, 0) is 11.3 Å². The molecule has 2 aromatic rings. The number of H-pyrrole nitrogens is 1. The number of aromatic amines is 1. The predicted molar refractivity (Wildman–Crippen MR) is 94.4 cm³/mol. The SMILES string of the molecule is COc1n[nH]c(NCC2CN(Cc3ccccc3)CCCO2)c1C#N. The molecule has 25 heavy (non-hydrogen) atoms. The molecule has 0 saturated carbocycles. The summed E-state index contributed by atoms with van der Waals surface area (Å²) in [5, 5.41) is 19.2. The van der Waals surface area contributed by atoms with Crippen molar-refractivity contribution in [3.05, 3.63) is 41.5 Å². The zero-order chi connectivity index (χ0) is 17.5. The summed E-state index contributed by atoms with van der Waals surface area (Å²) in [4.78, 5) is 2.41. The van der Waals surface area contributed by atoms with Crippen molar-refractivity contribution in [2.75, 3.05) is 38.7 Å². The van der Waals surface area contributed by atoms with Crippen LogP contribution in [0.25, 0.3) is 0 Å². The first-order valence-electron chi connectivity index (χ1n) is 8.44. The second-order valence-corrected chi connectivity index (χ2v) is 6.04. The lowest BCUT2D eigenvalue weighted by Gasteiger charge is -2.24. The van der Waals surface area contributed by atoms with Crippen LogP contribution in [0.4, 0.5) is 5.82 Å². The van der Waals surface area contributed by atoms with Gasteiger partial charge in [0, 0.05) is 32.8 Å². The molecule has 7 nitrogen and oxygen atoms in total. The van der Waals surface area contributed by atoms with Crippen molar-refractivity contribution in [3.63, 3.8) is 0 Å². The highest BCUT2D eigenvalue weighted by Crippen LogP contribution is 2.21. The largest absolute Gasteiger partial charge is 0.479 e. The number of anilines is 1. The molecule has 1 aliphatic heterocycles. The zero-order valence-electron chi connectivity index (χ0n) is 14.4. The van der Waals surface area contributed by atoms with Crippen LogP contribution in [0.5, 0.6) is 5.88 Å². The van der Waals surface area contributed by atoms with E-state index in [1.807, 2.05) is 6.07 Å². The third-order valence-corrected chi connectivity index (χ3v) is 4.23. The number of rotatable bonds is 6. The van der Waals surface area contributed by atoms with Gasteiger partial charge in [-0.3, -0.25) is 10.00 Å². The van der Waals surface area contributed by atoms with Gasteiger partial charge in [0.15, 0.2) is 5.56 Å². The second kappa shape index (κ2) is 8.51. The van der Waals surface area contributed by atoms with Gasteiger partial charge in [-0.15, -0.1) is 5.10 Å². The second-order valence-electron chi connectivity index (χ2n) is 6.04. The molecular formula is C18H23N5O2. The Morgan fingerprint density at radius 3 is 3.04 bits per heavy atom. The molecule has 132 valence electrons. The highest BCUT2D eigenvalue weighted by Gasteiger charge is 2.20. The summed E-state index contributed by atoms with van der Waals surface area (Å²) in [6.07, 6.45) is 1.07. The Kier molecular flexibility index (Phi) is 5.88. The predicted octanol–water partition coefficient (Wildman–Crippen LogP) is 1.99. The topological polar surface area (TPSA) is 86.2 Å². The number of hydrogen-bond donors (Lipinski definition) is 2. The summed E-state index contributed by atoms with van der Waals surface area (Å²) in [5.41, 5.74) is 1.69. The van der Waals surface area contributed by atoms with Gasteiger partial charge < -0.3 is 14.8 Å². The maximum absolute atomic E-state index is 9.24. The van der Waals surface area contributed by atoms with Crippen molar-refractivity contribution in [2.45, 2.75) is 19.1 Å². The van der Waals surface area contributed by atoms with E-state index in [4.69, 9.17) is 9.47 Å². The number of benzene rings is 1. The summed E-state index contributed by atoms with van der Waals surface area (Å²) in [6, 6.07) is 12.6. The highest BCUT2D eigenvalue weighted by molar-refractivity contribution is 5.57. The molecule has 1 saturated heterocycles. The van der Waals surface area contributed by atoms with Crippen LogP contribution in [0.15, 0.2) is 30.3 Å². The van der Waals surface area contributed by atoms with Gasteiger partial charge in [0.05, 0.1) is 13.2 Å². The van der Waals surface area contributed by atoms with Crippen LogP contribution in [-0.4, -0.2) is 54.6 Å². The molecule has 1 aromatic carbocycles. The van der Waals surface area contributed by atoms with Crippen LogP contribution >= 0.6 is 0 Å². The summed E-state index contributed by atoms with van der Waals surface area (Å²) >= 11 is 0. The minimum absolute atomic E-state index is 0.0482. The molecule has 0 bridgehead atoms. The smallest absolute Gasteiger partial charge is 0.252 e. The molecular weight excluding hydrogens is 318 g/mol. The van der Waals surface area contributed by atoms with Crippen LogP contribution in [0, 0.1) is 11.3 Å². The maximum Gasteiger partial charge on any atom is 0.252 e. The molecule has 0 spiro atoms. The summed E-state index contributed by atoms with van der Waals surface area (Å²) in [5.74, 6) is 0.874.